The molecule has 0 aliphatic rings. The Bertz CT molecular complexity index is 1920. The first-order valence-corrected chi connectivity index (χ1v) is 13.1. The summed E-state index contributed by atoms with van der Waals surface area (Å²) < 4.78 is 0. The van der Waals surface area contributed by atoms with E-state index in [4.69, 9.17) is 0 Å². The Morgan fingerprint density at radius 3 is 1.68 bits per heavy atom. The number of hydrogen-bond acceptors (Lipinski definition) is 1. The van der Waals surface area contributed by atoms with Crippen molar-refractivity contribution in [3.05, 3.63) is 151 Å². The fourth-order valence-electron chi connectivity index (χ4n) is 5.68. The number of anilines is 3. The largest absolute Gasteiger partial charge is 0.309 e. The van der Waals surface area contributed by atoms with E-state index in [9.17, 15) is 0 Å². The summed E-state index contributed by atoms with van der Waals surface area (Å²) in [7, 11) is 0. The van der Waals surface area contributed by atoms with E-state index >= 15 is 0 Å². The molecule has 0 aliphatic carbocycles. The Kier molecular flexibility index (Phi) is 5.41. The molecule has 38 heavy (non-hydrogen) atoms. The van der Waals surface area contributed by atoms with Gasteiger partial charge in [0.2, 0.25) is 0 Å². The van der Waals surface area contributed by atoms with Crippen LogP contribution in [0, 0.1) is 6.92 Å². The fourth-order valence-corrected chi connectivity index (χ4v) is 5.68. The van der Waals surface area contributed by atoms with Crippen LogP contribution in [-0.2, 0) is 0 Å². The molecule has 0 N–H and O–H groups in total. The van der Waals surface area contributed by atoms with E-state index in [0.717, 1.165) is 5.69 Å². The van der Waals surface area contributed by atoms with E-state index in [1.54, 1.807) is 0 Å². The van der Waals surface area contributed by atoms with E-state index < -0.39 is 0 Å². The van der Waals surface area contributed by atoms with E-state index in [2.05, 4.69) is 157 Å². The summed E-state index contributed by atoms with van der Waals surface area (Å²) in [5, 5.41) is 7.45. The van der Waals surface area contributed by atoms with Crippen molar-refractivity contribution in [2.24, 2.45) is 0 Å². The predicted octanol–water partition coefficient (Wildman–Crippen LogP) is 10.6. The van der Waals surface area contributed by atoms with Crippen molar-refractivity contribution in [2.75, 3.05) is 4.90 Å². The molecule has 0 amide bonds. The van der Waals surface area contributed by atoms with Gasteiger partial charge in [-0.25, -0.2) is 0 Å². The zero-order valence-electron chi connectivity index (χ0n) is 21.3. The topological polar surface area (TPSA) is 3.24 Å². The highest BCUT2D eigenvalue weighted by Crippen LogP contribution is 2.47. The third kappa shape index (κ3) is 3.72. The molecular weight excluding hydrogens is 458 g/mol. The molecule has 0 bridgehead atoms. The molecular formula is C37H27N. The zero-order valence-corrected chi connectivity index (χ0v) is 21.3. The highest BCUT2D eigenvalue weighted by atomic mass is 15.1. The van der Waals surface area contributed by atoms with Crippen molar-refractivity contribution < 1.29 is 0 Å². The van der Waals surface area contributed by atoms with Gasteiger partial charge in [0.25, 0.3) is 0 Å². The smallest absolute Gasteiger partial charge is 0.0546 e. The molecule has 0 fully saturated rings. The van der Waals surface area contributed by atoms with Crippen molar-refractivity contribution in [2.45, 2.75) is 6.92 Å². The predicted molar refractivity (Wildman–Crippen MR) is 164 cm³/mol. The molecule has 0 aromatic heterocycles. The first-order chi connectivity index (χ1) is 18.8. The summed E-state index contributed by atoms with van der Waals surface area (Å²) in [6, 6.07) is 52.8. The second-order valence-corrected chi connectivity index (χ2v) is 9.88. The average molecular weight is 486 g/mol. The first-order valence-electron chi connectivity index (χ1n) is 13.1. The van der Waals surface area contributed by atoms with Gasteiger partial charge in [-0.3, -0.25) is 0 Å². The Morgan fingerprint density at radius 1 is 0.395 bits per heavy atom. The fraction of sp³-hybridized carbons (Fsp3) is 0.0270. The summed E-state index contributed by atoms with van der Waals surface area (Å²) in [6.45, 7) is 2.14. The Hall–Kier alpha value is -4.88. The monoisotopic (exact) mass is 485 g/mol. The minimum absolute atomic E-state index is 1.14. The summed E-state index contributed by atoms with van der Waals surface area (Å²) in [4.78, 5) is 2.44. The highest BCUT2D eigenvalue weighted by molar-refractivity contribution is 6.12. The van der Waals surface area contributed by atoms with Crippen LogP contribution in [0.2, 0.25) is 0 Å². The van der Waals surface area contributed by atoms with Crippen LogP contribution in [0.4, 0.5) is 17.1 Å². The first kappa shape index (κ1) is 22.3. The standard InChI is InChI=1S/C37H27N/c1-26-20-23-30(24-21-26)38(35-19-9-14-28-11-3-6-16-32(28)35)36-25-22-29-12-4-7-17-33(29)37(36)34-18-8-13-27-10-2-5-15-31(27)34/h2-25H,1H3. The molecule has 7 rings (SSSR count). The van der Waals surface area contributed by atoms with Crippen LogP contribution in [0.5, 0.6) is 0 Å². The van der Waals surface area contributed by atoms with E-state index in [1.165, 1.54) is 60.4 Å². The van der Waals surface area contributed by atoms with Gasteiger partial charge in [0.1, 0.15) is 0 Å². The Labute approximate surface area is 223 Å². The van der Waals surface area contributed by atoms with Crippen LogP contribution in [0.25, 0.3) is 43.4 Å². The number of fused-ring (bicyclic) bond motifs is 3. The summed E-state index contributed by atoms with van der Waals surface area (Å²) >= 11 is 0. The van der Waals surface area contributed by atoms with Crippen molar-refractivity contribution >= 4 is 49.4 Å². The van der Waals surface area contributed by atoms with Crippen LogP contribution in [0.15, 0.2) is 146 Å². The number of aryl methyl sites for hydroxylation is 1. The van der Waals surface area contributed by atoms with Gasteiger partial charge in [0.15, 0.2) is 0 Å². The second kappa shape index (κ2) is 9.21. The minimum Gasteiger partial charge on any atom is -0.309 e. The quantitative estimate of drug-likeness (QED) is 0.240. The van der Waals surface area contributed by atoms with Gasteiger partial charge in [-0.1, -0.05) is 127 Å². The summed E-state index contributed by atoms with van der Waals surface area (Å²) in [6.07, 6.45) is 0. The number of nitrogens with zero attached hydrogens (tertiary/aromatic N) is 1. The van der Waals surface area contributed by atoms with E-state index in [1.807, 2.05) is 0 Å². The van der Waals surface area contributed by atoms with Gasteiger partial charge >= 0.3 is 0 Å². The van der Waals surface area contributed by atoms with Crippen LogP contribution in [0.3, 0.4) is 0 Å². The summed E-state index contributed by atoms with van der Waals surface area (Å²) in [5.74, 6) is 0. The van der Waals surface area contributed by atoms with Gasteiger partial charge in [0.05, 0.1) is 11.4 Å². The molecule has 180 valence electrons. The minimum atomic E-state index is 1.14. The number of hydrogen-bond donors (Lipinski definition) is 0. The molecule has 0 radical (unpaired) electrons. The van der Waals surface area contributed by atoms with E-state index in [-0.39, 0.29) is 0 Å². The average Bonchev–Trinajstić information content (AvgIpc) is 2.98. The van der Waals surface area contributed by atoms with Crippen LogP contribution < -0.4 is 4.90 Å². The van der Waals surface area contributed by atoms with Gasteiger partial charge in [0, 0.05) is 16.6 Å². The maximum atomic E-state index is 2.44. The van der Waals surface area contributed by atoms with Crippen LogP contribution in [-0.4, -0.2) is 0 Å². The normalized spacial score (nSPS) is 11.3. The lowest BCUT2D eigenvalue weighted by atomic mass is 9.91. The third-order valence-corrected chi connectivity index (χ3v) is 7.51. The molecule has 1 heteroatoms. The molecule has 0 heterocycles. The zero-order chi connectivity index (χ0) is 25.5. The Morgan fingerprint density at radius 2 is 0.947 bits per heavy atom. The maximum absolute atomic E-state index is 2.44. The molecule has 1 nitrogen and oxygen atoms in total. The molecule has 0 saturated carbocycles. The molecule has 0 saturated heterocycles. The molecule has 0 unspecified atom stereocenters. The van der Waals surface area contributed by atoms with Crippen molar-refractivity contribution in [3.8, 4) is 11.1 Å². The lowest BCUT2D eigenvalue weighted by molar-refractivity contribution is 1.29. The Balaban J connectivity index is 1.62. The molecule has 0 atom stereocenters. The number of rotatable bonds is 4. The molecule has 7 aromatic rings. The van der Waals surface area contributed by atoms with Gasteiger partial charge in [-0.15, -0.1) is 0 Å². The second-order valence-electron chi connectivity index (χ2n) is 9.88. The SMILES string of the molecule is Cc1ccc(N(c2ccc3ccccc3c2-c2cccc3ccccc23)c2cccc3ccccc23)cc1. The maximum Gasteiger partial charge on any atom is 0.0546 e. The van der Waals surface area contributed by atoms with Gasteiger partial charge < -0.3 is 4.90 Å². The third-order valence-electron chi connectivity index (χ3n) is 7.51. The van der Waals surface area contributed by atoms with E-state index in [0.29, 0.717) is 0 Å². The van der Waals surface area contributed by atoms with Crippen LogP contribution >= 0.6 is 0 Å². The molecule has 0 aliphatic heterocycles. The van der Waals surface area contributed by atoms with Gasteiger partial charge in [-0.05, 0) is 63.7 Å². The van der Waals surface area contributed by atoms with Crippen molar-refractivity contribution in [3.63, 3.8) is 0 Å². The highest BCUT2D eigenvalue weighted by Gasteiger charge is 2.21. The van der Waals surface area contributed by atoms with Crippen molar-refractivity contribution in [1.29, 1.82) is 0 Å². The lowest BCUT2D eigenvalue weighted by Crippen LogP contribution is -2.12. The summed E-state index contributed by atoms with van der Waals surface area (Å²) in [5.41, 5.74) is 7.22. The van der Waals surface area contributed by atoms with Gasteiger partial charge in [-0.2, -0.15) is 0 Å². The van der Waals surface area contributed by atoms with Crippen molar-refractivity contribution in [1.82, 2.24) is 0 Å². The number of benzene rings is 7. The van der Waals surface area contributed by atoms with Crippen LogP contribution in [0.1, 0.15) is 5.56 Å². The molecule has 7 aromatic carbocycles. The molecule has 0 spiro atoms. The lowest BCUT2D eigenvalue weighted by Gasteiger charge is -2.30.